The van der Waals surface area contributed by atoms with Crippen LogP contribution < -0.4 is 5.73 Å². The summed E-state index contributed by atoms with van der Waals surface area (Å²) in [6.07, 6.45) is 3.19. The summed E-state index contributed by atoms with van der Waals surface area (Å²) < 4.78 is 22.8. The summed E-state index contributed by atoms with van der Waals surface area (Å²) in [5.41, 5.74) is 5.67. The number of piperidine rings is 1. The third-order valence-corrected chi connectivity index (χ3v) is 5.36. The summed E-state index contributed by atoms with van der Waals surface area (Å²) in [6.45, 7) is 2.78. The zero-order valence-electron chi connectivity index (χ0n) is 9.06. The molecule has 2 atom stereocenters. The zero-order chi connectivity index (χ0) is 10.9. The van der Waals surface area contributed by atoms with E-state index in [1.165, 1.54) is 12.8 Å². The third-order valence-electron chi connectivity index (χ3n) is 3.61. The van der Waals surface area contributed by atoms with Crippen LogP contribution in [0.2, 0.25) is 0 Å². The molecule has 0 spiro atoms. The number of rotatable bonds is 2. The molecule has 0 unspecified atom stereocenters. The highest BCUT2D eigenvalue weighted by atomic mass is 32.2. The second kappa shape index (κ2) is 4.39. The van der Waals surface area contributed by atoms with Crippen LogP contribution in [0.5, 0.6) is 0 Å². The lowest BCUT2D eigenvalue weighted by Gasteiger charge is -2.35. The number of likely N-dealkylation sites (tertiary alicyclic amines) is 1. The molecule has 2 heterocycles. The average molecular weight is 232 g/mol. The third kappa shape index (κ3) is 2.71. The van der Waals surface area contributed by atoms with Crippen molar-refractivity contribution in [3.63, 3.8) is 0 Å². The molecule has 2 rings (SSSR count). The van der Waals surface area contributed by atoms with Gasteiger partial charge in [-0.05, 0) is 38.3 Å². The van der Waals surface area contributed by atoms with E-state index in [9.17, 15) is 8.42 Å². The fraction of sp³-hybridized carbons (Fsp3) is 1.00. The van der Waals surface area contributed by atoms with Crippen molar-refractivity contribution in [2.24, 2.45) is 11.7 Å². The average Bonchev–Trinajstić information content (AvgIpc) is 2.59. The highest BCUT2D eigenvalue weighted by Gasteiger charge is 2.34. The van der Waals surface area contributed by atoms with E-state index in [1.54, 1.807) is 0 Å². The maximum Gasteiger partial charge on any atom is 0.151 e. The Kier molecular flexibility index (Phi) is 3.33. The van der Waals surface area contributed by atoms with Gasteiger partial charge in [0.05, 0.1) is 11.5 Å². The highest BCUT2D eigenvalue weighted by Crippen LogP contribution is 2.23. The van der Waals surface area contributed by atoms with Gasteiger partial charge in [-0.3, -0.25) is 4.90 Å². The van der Waals surface area contributed by atoms with E-state index in [0.717, 1.165) is 26.1 Å². The molecule has 4 nitrogen and oxygen atoms in total. The summed E-state index contributed by atoms with van der Waals surface area (Å²) in [6, 6.07) is 0.268. The molecule has 2 N–H and O–H groups in total. The number of nitrogens with zero attached hydrogens (tertiary/aromatic N) is 1. The lowest BCUT2D eigenvalue weighted by atomic mass is 9.97. The SMILES string of the molecule is NC[C@@H]1CCCN([C@H]2CCS(=O)(=O)C2)C1. The number of nitrogens with two attached hydrogens (primary N) is 1. The van der Waals surface area contributed by atoms with Gasteiger partial charge in [-0.15, -0.1) is 0 Å². The van der Waals surface area contributed by atoms with Gasteiger partial charge in [-0.1, -0.05) is 0 Å². The lowest BCUT2D eigenvalue weighted by molar-refractivity contribution is 0.137. The van der Waals surface area contributed by atoms with Gasteiger partial charge in [-0.25, -0.2) is 8.42 Å². The van der Waals surface area contributed by atoms with Crippen molar-refractivity contribution < 1.29 is 8.42 Å². The minimum absolute atomic E-state index is 0.268. The molecule has 2 aliphatic rings. The maximum absolute atomic E-state index is 11.4. The van der Waals surface area contributed by atoms with Gasteiger partial charge in [0.2, 0.25) is 0 Å². The van der Waals surface area contributed by atoms with Crippen molar-refractivity contribution in [3.05, 3.63) is 0 Å². The summed E-state index contributed by atoms with van der Waals surface area (Å²) in [5.74, 6) is 1.31. The van der Waals surface area contributed by atoms with E-state index >= 15 is 0 Å². The first-order chi connectivity index (χ1) is 7.11. The van der Waals surface area contributed by atoms with Crippen LogP contribution in [0.1, 0.15) is 19.3 Å². The molecule has 0 aliphatic carbocycles. The molecular formula is C10H20N2O2S. The molecule has 0 saturated carbocycles. The quantitative estimate of drug-likeness (QED) is 0.719. The van der Waals surface area contributed by atoms with Crippen LogP contribution in [0, 0.1) is 5.92 Å². The molecule has 2 fully saturated rings. The Hall–Kier alpha value is -0.130. The van der Waals surface area contributed by atoms with Crippen LogP contribution >= 0.6 is 0 Å². The zero-order valence-corrected chi connectivity index (χ0v) is 9.88. The van der Waals surface area contributed by atoms with Crippen LogP contribution in [0.25, 0.3) is 0 Å². The summed E-state index contributed by atoms with van der Waals surface area (Å²) >= 11 is 0. The largest absolute Gasteiger partial charge is 0.330 e. The highest BCUT2D eigenvalue weighted by molar-refractivity contribution is 7.91. The minimum Gasteiger partial charge on any atom is -0.330 e. The van der Waals surface area contributed by atoms with Crippen molar-refractivity contribution in [1.29, 1.82) is 0 Å². The number of hydrogen-bond donors (Lipinski definition) is 1. The smallest absolute Gasteiger partial charge is 0.151 e. The van der Waals surface area contributed by atoms with Gasteiger partial charge in [0.1, 0.15) is 0 Å². The van der Waals surface area contributed by atoms with Crippen molar-refractivity contribution in [3.8, 4) is 0 Å². The molecule has 88 valence electrons. The van der Waals surface area contributed by atoms with Crippen LogP contribution in [-0.4, -0.2) is 50.5 Å². The first-order valence-electron chi connectivity index (χ1n) is 5.75. The standard InChI is InChI=1S/C10H20N2O2S/c11-6-9-2-1-4-12(7-9)10-3-5-15(13,14)8-10/h9-10H,1-8,11H2/t9-,10-/m0/s1. The molecule has 0 aromatic carbocycles. The molecule has 5 heteroatoms. The van der Waals surface area contributed by atoms with Crippen LogP contribution in [0.4, 0.5) is 0 Å². The van der Waals surface area contributed by atoms with Gasteiger partial charge in [0, 0.05) is 12.6 Å². The van der Waals surface area contributed by atoms with E-state index in [4.69, 9.17) is 5.73 Å². The molecule has 2 aliphatic heterocycles. The van der Waals surface area contributed by atoms with Gasteiger partial charge < -0.3 is 5.73 Å². The monoisotopic (exact) mass is 232 g/mol. The lowest BCUT2D eigenvalue weighted by Crippen LogP contribution is -2.44. The Morgan fingerprint density at radius 1 is 1.33 bits per heavy atom. The summed E-state index contributed by atoms with van der Waals surface area (Å²) in [5, 5.41) is 0. The second-order valence-electron chi connectivity index (χ2n) is 4.80. The Morgan fingerprint density at radius 2 is 2.13 bits per heavy atom. The van der Waals surface area contributed by atoms with Crippen LogP contribution in [0.3, 0.4) is 0 Å². The summed E-state index contributed by atoms with van der Waals surface area (Å²) in [4.78, 5) is 2.34. The molecule has 0 amide bonds. The molecule has 0 radical (unpaired) electrons. The van der Waals surface area contributed by atoms with Crippen molar-refractivity contribution in [2.75, 3.05) is 31.1 Å². The van der Waals surface area contributed by atoms with Gasteiger partial charge in [-0.2, -0.15) is 0 Å². The minimum atomic E-state index is -2.74. The predicted molar refractivity (Wildman–Crippen MR) is 60.4 cm³/mol. The molecule has 0 aromatic rings. The van der Waals surface area contributed by atoms with Crippen LogP contribution in [0.15, 0.2) is 0 Å². The van der Waals surface area contributed by atoms with Crippen LogP contribution in [-0.2, 0) is 9.84 Å². The fourth-order valence-corrected chi connectivity index (χ4v) is 4.45. The first kappa shape index (κ1) is 11.4. The van der Waals surface area contributed by atoms with E-state index in [-0.39, 0.29) is 6.04 Å². The van der Waals surface area contributed by atoms with Gasteiger partial charge in [0.15, 0.2) is 9.84 Å². The van der Waals surface area contributed by atoms with Crippen molar-refractivity contribution in [1.82, 2.24) is 4.90 Å². The molecule has 2 saturated heterocycles. The van der Waals surface area contributed by atoms with E-state index in [1.807, 2.05) is 0 Å². The first-order valence-corrected chi connectivity index (χ1v) is 7.57. The molecule has 15 heavy (non-hydrogen) atoms. The Bertz CT molecular complexity index is 315. The number of sulfone groups is 1. The Labute approximate surface area is 91.7 Å². The van der Waals surface area contributed by atoms with E-state index in [2.05, 4.69) is 4.90 Å². The van der Waals surface area contributed by atoms with Crippen molar-refractivity contribution >= 4 is 9.84 Å². The second-order valence-corrected chi connectivity index (χ2v) is 7.02. The van der Waals surface area contributed by atoms with E-state index in [0.29, 0.717) is 17.4 Å². The Balaban J connectivity index is 1.94. The van der Waals surface area contributed by atoms with Crippen molar-refractivity contribution in [2.45, 2.75) is 25.3 Å². The number of hydrogen-bond acceptors (Lipinski definition) is 4. The topological polar surface area (TPSA) is 63.4 Å². The maximum atomic E-state index is 11.4. The Morgan fingerprint density at radius 3 is 2.73 bits per heavy atom. The molecular weight excluding hydrogens is 212 g/mol. The van der Waals surface area contributed by atoms with Gasteiger partial charge >= 0.3 is 0 Å². The normalized spacial score (nSPS) is 36.9. The van der Waals surface area contributed by atoms with E-state index < -0.39 is 9.84 Å². The van der Waals surface area contributed by atoms with Gasteiger partial charge in [0.25, 0.3) is 0 Å². The predicted octanol–water partition coefficient (Wildman–Crippen LogP) is -0.156. The summed E-state index contributed by atoms with van der Waals surface area (Å²) in [7, 11) is -2.74. The fourth-order valence-electron chi connectivity index (χ4n) is 2.68. The molecule has 0 aromatic heterocycles. The molecule has 0 bridgehead atoms.